The highest BCUT2D eigenvalue weighted by atomic mass is 35.5. The Morgan fingerprint density at radius 3 is 2.33 bits per heavy atom. The summed E-state index contributed by atoms with van der Waals surface area (Å²) in [4.78, 5) is 7.58. The van der Waals surface area contributed by atoms with Gasteiger partial charge in [-0.05, 0) is 25.7 Å². The molecule has 0 amide bonds. The van der Waals surface area contributed by atoms with Crippen LogP contribution in [-0.2, 0) is 6.18 Å². The van der Waals surface area contributed by atoms with Crippen LogP contribution in [0, 0.1) is 0 Å². The lowest BCUT2D eigenvalue weighted by Gasteiger charge is -2.25. The SMILES string of the molecule is NC1CCC(c2ncc(C(F)(F)F)c(Cl)n2)CC1. The molecule has 0 saturated heterocycles. The van der Waals surface area contributed by atoms with Gasteiger partial charge < -0.3 is 5.73 Å². The van der Waals surface area contributed by atoms with Crippen LogP contribution in [0.25, 0.3) is 0 Å². The fourth-order valence-electron chi connectivity index (χ4n) is 2.14. The lowest BCUT2D eigenvalue weighted by Crippen LogP contribution is -2.26. The third-order valence-corrected chi connectivity index (χ3v) is 3.49. The lowest BCUT2D eigenvalue weighted by molar-refractivity contribution is -0.138. The number of hydrogen-bond acceptors (Lipinski definition) is 3. The molecule has 1 aliphatic carbocycles. The van der Waals surface area contributed by atoms with Gasteiger partial charge in [0.1, 0.15) is 16.5 Å². The quantitative estimate of drug-likeness (QED) is 0.804. The number of halogens is 4. The molecule has 0 unspecified atom stereocenters. The van der Waals surface area contributed by atoms with Crippen LogP contribution in [0.1, 0.15) is 43.0 Å². The number of nitrogens with two attached hydrogens (primary N) is 1. The summed E-state index contributed by atoms with van der Waals surface area (Å²) in [6, 6.07) is 0.172. The van der Waals surface area contributed by atoms with E-state index in [0.717, 1.165) is 31.9 Å². The second-order valence-corrected chi connectivity index (χ2v) is 4.90. The lowest BCUT2D eigenvalue weighted by atomic mass is 9.86. The molecule has 1 aliphatic rings. The number of hydrogen-bond donors (Lipinski definition) is 1. The van der Waals surface area contributed by atoms with Gasteiger partial charge in [0.2, 0.25) is 0 Å². The Kier molecular flexibility index (Phi) is 3.77. The van der Waals surface area contributed by atoms with Gasteiger partial charge in [-0.3, -0.25) is 0 Å². The summed E-state index contributed by atoms with van der Waals surface area (Å²) in [7, 11) is 0. The first-order valence-corrected chi connectivity index (χ1v) is 6.11. The van der Waals surface area contributed by atoms with E-state index in [-0.39, 0.29) is 12.0 Å². The molecule has 3 nitrogen and oxygen atoms in total. The van der Waals surface area contributed by atoms with E-state index in [1.165, 1.54) is 0 Å². The van der Waals surface area contributed by atoms with E-state index in [1.54, 1.807) is 0 Å². The second kappa shape index (κ2) is 5.01. The largest absolute Gasteiger partial charge is 0.420 e. The van der Waals surface area contributed by atoms with Crippen molar-refractivity contribution in [1.82, 2.24) is 9.97 Å². The number of aromatic nitrogens is 2. The molecular weight excluding hydrogens is 267 g/mol. The average molecular weight is 280 g/mol. The smallest absolute Gasteiger partial charge is 0.328 e. The van der Waals surface area contributed by atoms with Crippen molar-refractivity contribution in [3.63, 3.8) is 0 Å². The van der Waals surface area contributed by atoms with Gasteiger partial charge in [-0.2, -0.15) is 13.2 Å². The molecule has 1 fully saturated rings. The van der Waals surface area contributed by atoms with E-state index in [4.69, 9.17) is 17.3 Å². The highest BCUT2D eigenvalue weighted by Gasteiger charge is 2.35. The third kappa shape index (κ3) is 2.92. The summed E-state index contributed by atoms with van der Waals surface area (Å²) in [5.41, 5.74) is 4.78. The minimum atomic E-state index is -4.51. The molecule has 18 heavy (non-hydrogen) atoms. The van der Waals surface area contributed by atoms with Crippen molar-refractivity contribution in [3.05, 3.63) is 22.7 Å². The Morgan fingerprint density at radius 2 is 1.83 bits per heavy atom. The Balaban J connectivity index is 2.19. The molecule has 0 aliphatic heterocycles. The van der Waals surface area contributed by atoms with E-state index < -0.39 is 16.9 Å². The highest BCUT2D eigenvalue weighted by molar-refractivity contribution is 6.30. The van der Waals surface area contributed by atoms with Crippen LogP contribution < -0.4 is 5.73 Å². The summed E-state index contributed by atoms with van der Waals surface area (Å²) in [6.07, 6.45) is -0.477. The van der Waals surface area contributed by atoms with Crippen LogP contribution in [0.3, 0.4) is 0 Å². The van der Waals surface area contributed by atoms with E-state index in [2.05, 4.69) is 9.97 Å². The fourth-order valence-corrected chi connectivity index (χ4v) is 2.38. The van der Waals surface area contributed by atoms with Gasteiger partial charge in [-0.1, -0.05) is 11.6 Å². The van der Waals surface area contributed by atoms with Crippen LogP contribution in [-0.4, -0.2) is 16.0 Å². The van der Waals surface area contributed by atoms with Crippen molar-refractivity contribution in [2.75, 3.05) is 0 Å². The number of nitrogens with zero attached hydrogens (tertiary/aromatic N) is 2. The second-order valence-electron chi connectivity index (χ2n) is 4.54. The Bertz CT molecular complexity index is 428. The topological polar surface area (TPSA) is 51.8 Å². The maximum absolute atomic E-state index is 12.5. The van der Waals surface area contributed by atoms with Crippen molar-refractivity contribution in [3.8, 4) is 0 Å². The summed E-state index contributed by atoms with van der Waals surface area (Å²) in [5.74, 6) is 0.449. The predicted molar refractivity (Wildman–Crippen MR) is 61.2 cm³/mol. The molecule has 0 spiro atoms. The van der Waals surface area contributed by atoms with Crippen molar-refractivity contribution in [2.24, 2.45) is 5.73 Å². The minimum Gasteiger partial charge on any atom is -0.328 e. The molecule has 1 aromatic heterocycles. The molecule has 0 bridgehead atoms. The highest BCUT2D eigenvalue weighted by Crippen LogP contribution is 2.35. The monoisotopic (exact) mass is 279 g/mol. The zero-order chi connectivity index (χ0) is 13.3. The number of rotatable bonds is 1. The standard InChI is InChI=1S/C11H13ClF3N3/c12-9-8(11(13,14)15)5-17-10(18-9)6-1-3-7(16)4-2-6/h5-7H,1-4,16H2. The molecule has 0 aromatic carbocycles. The molecule has 2 N–H and O–H groups in total. The van der Waals surface area contributed by atoms with Crippen LogP contribution in [0.5, 0.6) is 0 Å². The summed E-state index contributed by atoms with van der Waals surface area (Å²) in [5, 5.41) is -0.526. The molecule has 1 saturated carbocycles. The predicted octanol–water partition coefficient (Wildman–Crippen LogP) is 3.13. The molecule has 0 atom stereocenters. The van der Waals surface area contributed by atoms with Crippen molar-refractivity contribution >= 4 is 11.6 Å². The van der Waals surface area contributed by atoms with Crippen molar-refractivity contribution in [1.29, 1.82) is 0 Å². The molecule has 1 aromatic rings. The van der Waals surface area contributed by atoms with Crippen LogP contribution in [0.15, 0.2) is 6.20 Å². The van der Waals surface area contributed by atoms with E-state index in [9.17, 15) is 13.2 Å². The van der Waals surface area contributed by atoms with Crippen LogP contribution in [0.2, 0.25) is 5.15 Å². The van der Waals surface area contributed by atoms with E-state index >= 15 is 0 Å². The first kappa shape index (κ1) is 13.5. The zero-order valence-corrected chi connectivity index (χ0v) is 10.3. The normalized spacial score (nSPS) is 25.2. The van der Waals surface area contributed by atoms with Gasteiger partial charge >= 0.3 is 6.18 Å². The molecule has 7 heteroatoms. The Hall–Kier alpha value is -0.880. The van der Waals surface area contributed by atoms with Gasteiger partial charge in [0.25, 0.3) is 0 Å². The minimum absolute atomic E-state index is 0.0598. The van der Waals surface area contributed by atoms with Crippen molar-refractivity contribution in [2.45, 2.75) is 43.8 Å². The molecule has 1 heterocycles. The Labute approximate surface area is 108 Å². The van der Waals surface area contributed by atoms with Gasteiger partial charge in [-0.15, -0.1) is 0 Å². The van der Waals surface area contributed by atoms with Gasteiger partial charge in [0, 0.05) is 18.2 Å². The van der Waals surface area contributed by atoms with Gasteiger partial charge in [0.15, 0.2) is 0 Å². The van der Waals surface area contributed by atoms with E-state index in [1.807, 2.05) is 0 Å². The zero-order valence-electron chi connectivity index (χ0n) is 9.54. The first-order chi connectivity index (χ1) is 8.38. The molecular formula is C11H13ClF3N3. The maximum Gasteiger partial charge on any atom is 0.420 e. The number of alkyl halides is 3. The van der Waals surface area contributed by atoms with E-state index in [0.29, 0.717) is 5.82 Å². The van der Waals surface area contributed by atoms with Crippen molar-refractivity contribution < 1.29 is 13.2 Å². The van der Waals surface area contributed by atoms with Crippen LogP contribution in [0.4, 0.5) is 13.2 Å². The molecule has 0 radical (unpaired) electrons. The average Bonchev–Trinajstić information content (AvgIpc) is 2.28. The first-order valence-electron chi connectivity index (χ1n) is 5.73. The summed E-state index contributed by atoms with van der Waals surface area (Å²) < 4.78 is 37.5. The van der Waals surface area contributed by atoms with Gasteiger partial charge in [0.05, 0.1) is 0 Å². The van der Waals surface area contributed by atoms with Gasteiger partial charge in [-0.25, -0.2) is 9.97 Å². The van der Waals surface area contributed by atoms with Crippen LogP contribution >= 0.6 is 11.6 Å². The maximum atomic E-state index is 12.5. The third-order valence-electron chi connectivity index (χ3n) is 3.20. The Morgan fingerprint density at radius 1 is 1.22 bits per heavy atom. The summed E-state index contributed by atoms with van der Waals surface area (Å²) in [6.45, 7) is 0. The fraction of sp³-hybridized carbons (Fsp3) is 0.636. The molecule has 100 valence electrons. The molecule has 2 rings (SSSR count). The summed E-state index contributed by atoms with van der Waals surface area (Å²) >= 11 is 5.57.